The Balaban J connectivity index is 2.12. The summed E-state index contributed by atoms with van der Waals surface area (Å²) in [5, 5.41) is 0.498. The van der Waals surface area contributed by atoms with Crippen LogP contribution < -0.4 is 5.56 Å². The Bertz CT molecular complexity index is 865. The second-order valence-electron chi connectivity index (χ2n) is 4.81. The molecule has 1 aromatic carbocycles. The Labute approximate surface area is 136 Å². The van der Waals surface area contributed by atoms with Gasteiger partial charge in [-0.2, -0.15) is 0 Å². The summed E-state index contributed by atoms with van der Waals surface area (Å²) in [6.07, 6.45) is 1.52. The number of hydrogen-bond donors (Lipinski definition) is 1. The summed E-state index contributed by atoms with van der Waals surface area (Å²) < 4.78 is 0. The number of rotatable bonds is 2. The number of nitrogens with zero attached hydrogens (tertiary/aromatic N) is 2. The number of hydrogen-bond acceptors (Lipinski definition) is 3. The quantitative estimate of drug-likeness (QED) is 0.718. The molecular formula is C16H11Cl2N3O. The van der Waals surface area contributed by atoms with Crippen molar-refractivity contribution in [2.45, 2.75) is 6.92 Å². The van der Waals surface area contributed by atoms with E-state index in [9.17, 15) is 4.79 Å². The first-order chi connectivity index (χ1) is 10.5. The van der Waals surface area contributed by atoms with Gasteiger partial charge in [0.25, 0.3) is 0 Å². The van der Waals surface area contributed by atoms with Crippen LogP contribution in [-0.2, 0) is 0 Å². The average molecular weight is 332 g/mol. The normalized spacial score (nSPS) is 10.7. The standard InChI is InChI=1S/C16H11Cl2N3O/c1-9-2-4-10(5-3-9)13-14(17)20-16(21-15(13)18)11-6-7-19-12(22)8-11/h2-8H,1H3,(H,19,22). The van der Waals surface area contributed by atoms with Gasteiger partial charge in [-0.1, -0.05) is 53.0 Å². The lowest BCUT2D eigenvalue weighted by Gasteiger charge is -2.09. The molecule has 0 aliphatic carbocycles. The molecule has 22 heavy (non-hydrogen) atoms. The molecule has 6 heteroatoms. The fourth-order valence-corrected chi connectivity index (χ4v) is 2.68. The number of aromatic nitrogens is 3. The Hall–Kier alpha value is -2.17. The van der Waals surface area contributed by atoms with E-state index in [1.807, 2.05) is 31.2 Å². The van der Waals surface area contributed by atoms with E-state index in [1.54, 1.807) is 6.07 Å². The third-order valence-corrected chi connectivity index (χ3v) is 3.74. The van der Waals surface area contributed by atoms with Gasteiger partial charge in [0.15, 0.2) is 5.82 Å². The minimum Gasteiger partial charge on any atom is -0.329 e. The van der Waals surface area contributed by atoms with Crippen LogP contribution in [-0.4, -0.2) is 15.0 Å². The van der Waals surface area contributed by atoms with Gasteiger partial charge in [-0.3, -0.25) is 4.79 Å². The highest BCUT2D eigenvalue weighted by Gasteiger charge is 2.14. The van der Waals surface area contributed by atoms with Gasteiger partial charge in [-0.25, -0.2) is 9.97 Å². The molecule has 0 atom stereocenters. The maximum absolute atomic E-state index is 11.4. The number of benzene rings is 1. The lowest BCUT2D eigenvalue weighted by atomic mass is 10.1. The maximum Gasteiger partial charge on any atom is 0.248 e. The summed E-state index contributed by atoms with van der Waals surface area (Å²) in [6, 6.07) is 10.8. The monoisotopic (exact) mass is 331 g/mol. The molecule has 0 saturated carbocycles. The summed E-state index contributed by atoms with van der Waals surface area (Å²) in [7, 11) is 0. The number of aromatic amines is 1. The lowest BCUT2D eigenvalue weighted by molar-refractivity contribution is 1.16. The van der Waals surface area contributed by atoms with Crippen molar-refractivity contribution < 1.29 is 0 Å². The number of aryl methyl sites for hydroxylation is 1. The van der Waals surface area contributed by atoms with E-state index in [1.165, 1.54) is 12.3 Å². The first kappa shape index (κ1) is 14.8. The van der Waals surface area contributed by atoms with Crippen LogP contribution in [0.3, 0.4) is 0 Å². The van der Waals surface area contributed by atoms with Crippen molar-refractivity contribution in [1.29, 1.82) is 0 Å². The molecule has 0 spiro atoms. The van der Waals surface area contributed by atoms with Gasteiger partial charge >= 0.3 is 0 Å². The van der Waals surface area contributed by atoms with Gasteiger partial charge in [-0.05, 0) is 18.6 Å². The van der Waals surface area contributed by atoms with Crippen molar-refractivity contribution >= 4 is 23.2 Å². The Morgan fingerprint density at radius 3 is 2.18 bits per heavy atom. The van der Waals surface area contributed by atoms with Crippen LogP contribution in [0.4, 0.5) is 0 Å². The second kappa shape index (κ2) is 5.91. The van der Waals surface area contributed by atoms with Crippen LogP contribution in [0.15, 0.2) is 47.4 Å². The molecule has 0 amide bonds. The summed E-state index contributed by atoms with van der Waals surface area (Å²) in [4.78, 5) is 22.4. The molecule has 3 aromatic rings. The highest BCUT2D eigenvalue weighted by molar-refractivity contribution is 6.37. The van der Waals surface area contributed by atoms with Gasteiger partial charge in [0.2, 0.25) is 5.56 Å². The van der Waals surface area contributed by atoms with Crippen molar-refractivity contribution in [3.8, 4) is 22.5 Å². The zero-order valence-corrected chi connectivity index (χ0v) is 13.1. The molecule has 2 heterocycles. The van der Waals surface area contributed by atoms with Gasteiger partial charge in [0.05, 0.1) is 5.56 Å². The van der Waals surface area contributed by atoms with Crippen LogP contribution in [0.5, 0.6) is 0 Å². The predicted molar refractivity (Wildman–Crippen MR) is 88.3 cm³/mol. The van der Waals surface area contributed by atoms with Gasteiger partial charge in [0.1, 0.15) is 10.3 Å². The van der Waals surface area contributed by atoms with Crippen molar-refractivity contribution in [3.05, 3.63) is 68.8 Å². The number of nitrogens with one attached hydrogen (secondary N) is 1. The van der Waals surface area contributed by atoms with E-state index in [4.69, 9.17) is 23.2 Å². The lowest BCUT2D eigenvalue weighted by Crippen LogP contribution is -2.04. The van der Waals surface area contributed by atoms with Crippen LogP contribution in [0.1, 0.15) is 5.56 Å². The highest BCUT2D eigenvalue weighted by atomic mass is 35.5. The zero-order valence-electron chi connectivity index (χ0n) is 11.6. The molecule has 0 aliphatic heterocycles. The molecule has 3 rings (SSSR count). The minimum absolute atomic E-state index is 0.240. The van der Waals surface area contributed by atoms with Gasteiger partial charge < -0.3 is 4.98 Å². The molecule has 4 nitrogen and oxygen atoms in total. The first-order valence-electron chi connectivity index (χ1n) is 6.54. The van der Waals surface area contributed by atoms with Crippen molar-refractivity contribution in [2.24, 2.45) is 0 Å². The summed E-state index contributed by atoms with van der Waals surface area (Å²) in [6.45, 7) is 2.00. The predicted octanol–water partition coefficient (Wildman–Crippen LogP) is 4.11. The molecule has 0 unspecified atom stereocenters. The van der Waals surface area contributed by atoms with E-state index in [0.717, 1.165) is 11.1 Å². The summed E-state index contributed by atoms with van der Waals surface area (Å²) in [5.41, 5.74) is 2.88. The number of halogens is 2. The zero-order chi connectivity index (χ0) is 15.7. The number of pyridine rings is 1. The molecule has 1 N–H and O–H groups in total. The van der Waals surface area contributed by atoms with Crippen molar-refractivity contribution in [1.82, 2.24) is 15.0 Å². The summed E-state index contributed by atoms with van der Waals surface area (Å²) >= 11 is 12.6. The molecule has 110 valence electrons. The van der Waals surface area contributed by atoms with Crippen molar-refractivity contribution in [3.63, 3.8) is 0 Å². The Kier molecular flexibility index (Phi) is 3.96. The van der Waals surface area contributed by atoms with E-state index >= 15 is 0 Å². The fourth-order valence-electron chi connectivity index (χ4n) is 2.08. The van der Waals surface area contributed by atoms with Crippen LogP contribution in [0.25, 0.3) is 22.5 Å². The van der Waals surface area contributed by atoms with Crippen molar-refractivity contribution in [2.75, 3.05) is 0 Å². The van der Waals surface area contributed by atoms with Gasteiger partial charge in [-0.15, -0.1) is 0 Å². The SMILES string of the molecule is Cc1ccc(-c2c(Cl)nc(-c3cc[nH]c(=O)c3)nc2Cl)cc1. The molecule has 0 fully saturated rings. The van der Waals surface area contributed by atoms with E-state index in [0.29, 0.717) is 17.0 Å². The van der Waals surface area contributed by atoms with E-state index in [2.05, 4.69) is 15.0 Å². The topological polar surface area (TPSA) is 58.6 Å². The molecule has 0 saturated heterocycles. The van der Waals surface area contributed by atoms with Gasteiger partial charge in [0, 0.05) is 17.8 Å². The van der Waals surface area contributed by atoms with Crippen LogP contribution in [0.2, 0.25) is 10.3 Å². The smallest absolute Gasteiger partial charge is 0.248 e. The highest BCUT2D eigenvalue weighted by Crippen LogP contribution is 2.34. The van der Waals surface area contributed by atoms with E-state index < -0.39 is 0 Å². The maximum atomic E-state index is 11.4. The van der Waals surface area contributed by atoms with Crippen LogP contribution >= 0.6 is 23.2 Å². The first-order valence-corrected chi connectivity index (χ1v) is 7.29. The number of H-pyrrole nitrogens is 1. The summed E-state index contributed by atoms with van der Waals surface area (Å²) in [5.74, 6) is 0.317. The fraction of sp³-hybridized carbons (Fsp3) is 0.0625. The van der Waals surface area contributed by atoms with Crippen LogP contribution in [0, 0.1) is 6.92 Å². The molecular weight excluding hydrogens is 321 g/mol. The Morgan fingerprint density at radius 1 is 0.955 bits per heavy atom. The third-order valence-electron chi connectivity index (χ3n) is 3.19. The molecule has 0 aliphatic rings. The third kappa shape index (κ3) is 2.89. The second-order valence-corrected chi connectivity index (χ2v) is 5.53. The molecule has 0 radical (unpaired) electrons. The molecule has 2 aromatic heterocycles. The minimum atomic E-state index is -0.240. The Morgan fingerprint density at radius 2 is 1.59 bits per heavy atom. The largest absolute Gasteiger partial charge is 0.329 e. The average Bonchev–Trinajstić information content (AvgIpc) is 2.48. The van der Waals surface area contributed by atoms with E-state index in [-0.39, 0.29) is 15.9 Å². The molecule has 0 bridgehead atoms.